The van der Waals surface area contributed by atoms with Crippen molar-refractivity contribution >= 4 is 39.1 Å². The molecule has 0 bridgehead atoms. The minimum Gasteiger partial charge on any atom is -0.392 e. The summed E-state index contributed by atoms with van der Waals surface area (Å²) in [6.07, 6.45) is 0.0541. The van der Waals surface area contributed by atoms with Crippen LogP contribution in [0.2, 0.25) is 5.02 Å². The Hall–Kier alpha value is -1.43. The van der Waals surface area contributed by atoms with Gasteiger partial charge in [-0.3, -0.25) is 4.79 Å². The molecule has 0 aromatic heterocycles. The monoisotopic (exact) mass is 371 g/mol. The molecule has 6 heteroatoms. The molecule has 110 valence electrons. The fraction of sp³-hybridized carbons (Fsp3) is 0.133. The standard InChI is InChI=1S/C15H12BrClFNO2/c16-13-7-12(4-2-10(13)8-20)19-15(21)5-9-1-3-11(18)6-14(9)17/h1-4,6-7,20H,5,8H2,(H,19,21). The number of hydrogen-bond acceptors (Lipinski definition) is 2. The van der Waals surface area contributed by atoms with E-state index >= 15 is 0 Å². The Morgan fingerprint density at radius 1 is 1.24 bits per heavy atom. The number of nitrogens with one attached hydrogen (secondary N) is 1. The highest BCUT2D eigenvalue weighted by Gasteiger charge is 2.09. The third-order valence-electron chi connectivity index (χ3n) is 2.87. The van der Waals surface area contributed by atoms with Gasteiger partial charge in [0.15, 0.2) is 0 Å². The van der Waals surface area contributed by atoms with Crippen LogP contribution < -0.4 is 5.32 Å². The van der Waals surface area contributed by atoms with Gasteiger partial charge in [-0.2, -0.15) is 0 Å². The van der Waals surface area contributed by atoms with Crippen molar-refractivity contribution in [2.45, 2.75) is 13.0 Å². The molecule has 0 saturated carbocycles. The van der Waals surface area contributed by atoms with Gasteiger partial charge in [0.05, 0.1) is 13.0 Å². The van der Waals surface area contributed by atoms with E-state index < -0.39 is 5.82 Å². The summed E-state index contributed by atoms with van der Waals surface area (Å²) in [4.78, 5) is 12.0. The van der Waals surface area contributed by atoms with Crippen molar-refractivity contribution in [2.75, 3.05) is 5.32 Å². The van der Waals surface area contributed by atoms with Gasteiger partial charge in [-0.15, -0.1) is 0 Å². The first-order chi connectivity index (χ1) is 9.99. The fourth-order valence-electron chi connectivity index (χ4n) is 1.80. The molecule has 0 radical (unpaired) electrons. The third kappa shape index (κ3) is 4.27. The van der Waals surface area contributed by atoms with Crippen LogP contribution in [0.3, 0.4) is 0 Å². The summed E-state index contributed by atoms with van der Waals surface area (Å²) in [6.45, 7) is -0.0833. The molecule has 0 aliphatic heterocycles. The van der Waals surface area contributed by atoms with Gasteiger partial charge in [0.1, 0.15) is 5.82 Å². The van der Waals surface area contributed by atoms with Crippen LogP contribution in [-0.4, -0.2) is 11.0 Å². The first-order valence-electron chi connectivity index (χ1n) is 6.12. The van der Waals surface area contributed by atoms with Crippen LogP contribution >= 0.6 is 27.5 Å². The molecule has 3 nitrogen and oxygen atoms in total. The van der Waals surface area contributed by atoms with E-state index in [0.29, 0.717) is 15.7 Å². The predicted octanol–water partition coefficient (Wildman–Crippen LogP) is 3.92. The molecule has 0 aliphatic rings. The van der Waals surface area contributed by atoms with E-state index in [-0.39, 0.29) is 24.0 Å². The molecular formula is C15H12BrClFNO2. The van der Waals surface area contributed by atoms with Crippen LogP contribution in [0.25, 0.3) is 0 Å². The molecule has 0 heterocycles. The number of amides is 1. The molecule has 0 unspecified atom stereocenters. The second-order valence-electron chi connectivity index (χ2n) is 4.42. The Morgan fingerprint density at radius 3 is 2.57 bits per heavy atom. The van der Waals surface area contributed by atoms with Crippen LogP contribution in [0.5, 0.6) is 0 Å². The van der Waals surface area contributed by atoms with Gasteiger partial charge in [-0.05, 0) is 35.4 Å². The van der Waals surface area contributed by atoms with Gasteiger partial charge in [0.2, 0.25) is 5.91 Å². The molecule has 2 rings (SSSR count). The second-order valence-corrected chi connectivity index (χ2v) is 5.69. The smallest absolute Gasteiger partial charge is 0.228 e. The number of benzene rings is 2. The van der Waals surface area contributed by atoms with Crippen LogP contribution in [-0.2, 0) is 17.8 Å². The predicted molar refractivity (Wildman–Crippen MR) is 83.8 cm³/mol. The van der Waals surface area contributed by atoms with Gasteiger partial charge < -0.3 is 10.4 Å². The maximum atomic E-state index is 12.9. The number of hydrogen-bond donors (Lipinski definition) is 2. The maximum Gasteiger partial charge on any atom is 0.228 e. The zero-order valence-corrected chi connectivity index (χ0v) is 13.2. The summed E-state index contributed by atoms with van der Waals surface area (Å²) in [5.41, 5.74) is 1.89. The molecule has 2 N–H and O–H groups in total. The highest BCUT2D eigenvalue weighted by molar-refractivity contribution is 9.10. The molecule has 2 aromatic carbocycles. The average molecular weight is 373 g/mol. The maximum absolute atomic E-state index is 12.9. The van der Waals surface area contributed by atoms with Crippen molar-refractivity contribution in [1.82, 2.24) is 0 Å². The molecule has 0 aliphatic carbocycles. The molecule has 0 fully saturated rings. The first-order valence-corrected chi connectivity index (χ1v) is 7.29. The number of aliphatic hydroxyl groups excluding tert-OH is 1. The van der Waals surface area contributed by atoms with Gasteiger partial charge >= 0.3 is 0 Å². The molecular weight excluding hydrogens is 361 g/mol. The van der Waals surface area contributed by atoms with Crippen molar-refractivity contribution in [1.29, 1.82) is 0 Å². The molecule has 0 atom stereocenters. The largest absolute Gasteiger partial charge is 0.392 e. The topological polar surface area (TPSA) is 49.3 Å². The number of rotatable bonds is 4. The van der Waals surface area contributed by atoms with Crippen molar-refractivity contribution in [3.05, 3.63) is 62.8 Å². The number of carbonyl (C=O) groups excluding carboxylic acids is 1. The minimum atomic E-state index is -0.437. The molecule has 0 spiro atoms. The average Bonchev–Trinajstić information content (AvgIpc) is 2.42. The summed E-state index contributed by atoms with van der Waals surface area (Å²) in [7, 11) is 0. The number of aliphatic hydroxyl groups is 1. The highest BCUT2D eigenvalue weighted by Crippen LogP contribution is 2.22. The lowest BCUT2D eigenvalue weighted by Crippen LogP contribution is -2.14. The lowest BCUT2D eigenvalue weighted by atomic mass is 10.1. The Bertz CT molecular complexity index is 679. The van der Waals surface area contributed by atoms with Gasteiger partial charge in [-0.1, -0.05) is 39.7 Å². The van der Waals surface area contributed by atoms with E-state index in [4.69, 9.17) is 16.7 Å². The van der Waals surface area contributed by atoms with Crippen molar-refractivity contribution in [3.63, 3.8) is 0 Å². The van der Waals surface area contributed by atoms with Crippen LogP contribution in [0.1, 0.15) is 11.1 Å². The Balaban J connectivity index is 2.06. The van der Waals surface area contributed by atoms with Gasteiger partial charge in [-0.25, -0.2) is 4.39 Å². The van der Waals surface area contributed by atoms with Crippen molar-refractivity contribution < 1.29 is 14.3 Å². The SMILES string of the molecule is O=C(Cc1ccc(F)cc1Cl)Nc1ccc(CO)c(Br)c1. The normalized spacial score (nSPS) is 10.5. The van der Waals surface area contributed by atoms with Gasteiger partial charge in [0, 0.05) is 15.2 Å². The lowest BCUT2D eigenvalue weighted by molar-refractivity contribution is -0.115. The lowest BCUT2D eigenvalue weighted by Gasteiger charge is -2.08. The van der Waals surface area contributed by atoms with E-state index in [1.165, 1.54) is 18.2 Å². The summed E-state index contributed by atoms with van der Waals surface area (Å²) in [5.74, 6) is -0.695. The number of carbonyl (C=O) groups is 1. The van der Waals surface area contributed by atoms with Crippen LogP contribution in [0.15, 0.2) is 40.9 Å². The Kier molecular flexibility index (Phi) is 5.33. The summed E-state index contributed by atoms with van der Waals surface area (Å²) in [6, 6.07) is 9.04. The Morgan fingerprint density at radius 2 is 1.95 bits per heavy atom. The summed E-state index contributed by atoms with van der Waals surface area (Å²) in [5, 5.41) is 12.0. The van der Waals surface area contributed by atoms with E-state index in [9.17, 15) is 9.18 Å². The van der Waals surface area contributed by atoms with E-state index in [2.05, 4.69) is 21.2 Å². The van der Waals surface area contributed by atoms with E-state index in [1.807, 2.05) is 0 Å². The summed E-state index contributed by atoms with van der Waals surface area (Å²) >= 11 is 9.20. The number of halogens is 3. The van der Waals surface area contributed by atoms with Crippen LogP contribution in [0, 0.1) is 5.82 Å². The number of anilines is 1. The van der Waals surface area contributed by atoms with Crippen molar-refractivity contribution in [2.24, 2.45) is 0 Å². The molecule has 21 heavy (non-hydrogen) atoms. The van der Waals surface area contributed by atoms with Crippen LogP contribution in [0.4, 0.5) is 10.1 Å². The second kappa shape index (κ2) is 7.02. The zero-order chi connectivity index (χ0) is 15.4. The molecule has 2 aromatic rings. The third-order valence-corrected chi connectivity index (χ3v) is 3.96. The minimum absolute atomic E-state index is 0.0541. The molecule has 0 saturated heterocycles. The van der Waals surface area contributed by atoms with Crippen molar-refractivity contribution in [3.8, 4) is 0 Å². The van der Waals surface area contributed by atoms with E-state index in [0.717, 1.165) is 5.56 Å². The zero-order valence-electron chi connectivity index (χ0n) is 10.9. The quantitative estimate of drug-likeness (QED) is 0.855. The molecule has 1 amide bonds. The summed E-state index contributed by atoms with van der Waals surface area (Å²) < 4.78 is 13.6. The Labute approximate surface area is 134 Å². The van der Waals surface area contributed by atoms with E-state index in [1.54, 1.807) is 18.2 Å². The highest BCUT2D eigenvalue weighted by atomic mass is 79.9. The van der Waals surface area contributed by atoms with Gasteiger partial charge in [0.25, 0.3) is 0 Å². The first kappa shape index (κ1) is 15.9. The fourth-order valence-corrected chi connectivity index (χ4v) is 2.53.